The fraction of sp³-hybridized carbons (Fsp3) is 0.222. The van der Waals surface area contributed by atoms with E-state index in [0.717, 1.165) is 12.1 Å². The summed E-state index contributed by atoms with van der Waals surface area (Å²) >= 11 is 1.44. The summed E-state index contributed by atoms with van der Waals surface area (Å²) in [6.45, 7) is -0.0705. The van der Waals surface area contributed by atoms with E-state index in [-0.39, 0.29) is 5.76 Å². The minimum absolute atomic E-state index is 0.102. The first-order chi connectivity index (χ1) is 13.5. The van der Waals surface area contributed by atoms with Crippen LogP contribution >= 0.6 is 11.8 Å². The van der Waals surface area contributed by atoms with Gasteiger partial charge in [-0.15, -0.1) is 11.8 Å². The van der Waals surface area contributed by atoms with Gasteiger partial charge in [-0.3, -0.25) is 14.9 Å². The summed E-state index contributed by atoms with van der Waals surface area (Å²) in [5.74, 6) is -1.34. The van der Waals surface area contributed by atoms with Crippen LogP contribution in [0, 0.1) is 15.9 Å². The monoisotopic (exact) mass is 406 g/mol. The number of furan rings is 1. The van der Waals surface area contributed by atoms with Gasteiger partial charge >= 0.3 is 11.9 Å². The highest BCUT2D eigenvalue weighted by atomic mass is 32.2. The van der Waals surface area contributed by atoms with Crippen LogP contribution in [0.1, 0.15) is 16.7 Å². The molecule has 0 N–H and O–H groups in total. The average molecular weight is 406 g/mol. The smallest absolute Gasteiger partial charge is 0.433 e. The van der Waals surface area contributed by atoms with Crippen molar-refractivity contribution in [3.05, 3.63) is 69.7 Å². The number of hydrogen-bond donors (Lipinski definition) is 0. The molecule has 0 spiro atoms. The number of benzene rings is 1. The molecule has 1 aromatic carbocycles. The number of carbonyl (C=O) groups is 2. The molecule has 0 radical (unpaired) electrons. The maximum absolute atomic E-state index is 14.0. The molecule has 2 heterocycles. The Hall–Kier alpha value is -3.14. The number of amides is 1. The zero-order valence-corrected chi connectivity index (χ0v) is 15.3. The maximum atomic E-state index is 14.0. The summed E-state index contributed by atoms with van der Waals surface area (Å²) in [6.07, 6.45) is 2.20. The lowest BCUT2D eigenvalue weighted by Crippen LogP contribution is -2.34. The zero-order chi connectivity index (χ0) is 20.1. The number of nitrogens with zero attached hydrogens (tertiary/aromatic N) is 2. The Morgan fingerprint density at radius 1 is 1.36 bits per heavy atom. The average Bonchev–Trinajstić information content (AvgIpc) is 3.34. The van der Waals surface area contributed by atoms with Gasteiger partial charge in [0.15, 0.2) is 6.61 Å². The van der Waals surface area contributed by atoms with E-state index in [4.69, 9.17) is 9.15 Å². The van der Waals surface area contributed by atoms with Gasteiger partial charge in [0.2, 0.25) is 0 Å². The van der Waals surface area contributed by atoms with Gasteiger partial charge in [0, 0.05) is 23.9 Å². The number of ether oxygens (including phenoxy) is 1. The van der Waals surface area contributed by atoms with Gasteiger partial charge in [-0.1, -0.05) is 18.2 Å². The Kier molecular flexibility index (Phi) is 6.09. The molecule has 1 aromatic heterocycles. The highest BCUT2D eigenvalue weighted by Gasteiger charge is 2.32. The number of halogens is 1. The summed E-state index contributed by atoms with van der Waals surface area (Å²) in [4.78, 5) is 35.5. The van der Waals surface area contributed by atoms with E-state index in [1.807, 2.05) is 0 Å². The quantitative estimate of drug-likeness (QED) is 0.314. The van der Waals surface area contributed by atoms with Crippen LogP contribution in [0.4, 0.5) is 10.3 Å². The number of hydrogen-bond acceptors (Lipinski definition) is 7. The first kappa shape index (κ1) is 19.6. The molecule has 0 bridgehead atoms. The molecular formula is C18H15FN2O6S. The zero-order valence-electron chi connectivity index (χ0n) is 14.4. The van der Waals surface area contributed by atoms with Crippen molar-refractivity contribution in [1.29, 1.82) is 0 Å². The molecule has 1 fully saturated rings. The summed E-state index contributed by atoms with van der Waals surface area (Å²) in [5, 5.41) is 10.1. The van der Waals surface area contributed by atoms with E-state index in [9.17, 15) is 24.1 Å². The van der Waals surface area contributed by atoms with Crippen LogP contribution in [0.2, 0.25) is 0 Å². The van der Waals surface area contributed by atoms with E-state index in [2.05, 4.69) is 0 Å². The Labute approximate surface area is 163 Å². The summed E-state index contributed by atoms with van der Waals surface area (Å²) in [5.41, 5.74) is 0.406. The molecule has 2 aromatic rings. The molecule has 3 rings (SSSR count). The van der Waals surface area contributed by atoms with Crippen LogP contribution < -0.4 is 0 Å². The van der Waals surface area contributed by atoms with Crippen molar-refractivity contribution in [3.63, 3.8) is 0 Å². The van der Waals surface area contributed by atoms with Crippen molar-refractivity contribution in [1.82, 2.24) is 4.90 Å². The first-order valence-corrected chi connectivity index (χ1v) is 9.25. The number of nitro groups is 1. The van der Waals surface area contributed by atoms with Crippen molar-refractivity contribution in [2.24, 2.45) is 0 Å². The largest absolute Gasteiger partial charge is 0.452 e. The molecule has 28 heavy (non-hydrogen) atoms. The van der Waals surface area contributed by atoms with E-state index >= 15 is 0 Å². The summed E-state index contributed by atoms with van der Waals surface area (Å²) in [6, 6.07) is 8.71. The molecule has 8 nitrogen and oxygen atoms in total. The van der Waals surface area contributed by atoms with Crippen LogP contribution in [0.25, 0.3) is 6.08 Å². The van der Waals surface area contributed by atoms with Crippen molar-refractivity contribution in [3.8, 4) is 0 Å². The third-order valence-electron chi connectivity index (χ3n) is 3.90. The SMILES string of the molecule is O=C(/C=C/c1ccc([N+](=O)[O-])o1)OCC(=O)N1CCS[C@H]1c1ccccc1F. The Morgan fingerprint density at radius 3 is 2.86 bits per heavy atom. The van der Waals surface area contributed by atoms with Gasteiger partial charge < -0.3 is 14.1 Å². The highest BCUT2D eigenvalue weighted by Crippen LogP contribution is 2.38. The lowest BCUT2D eigenvalue weighted by molar-refractivity contribution is -0.402. The normalized spacial score (nSPS) is 16.5. The molecule has 1 saturated heterocycles. The van der Waals surface area contributed by atoms with Crippen molar-refractivity contribution in [2.75, 3.05) is 18.9 Å². The topological polar surface area (TPSA) is 103 Å². The number of thioether (sulfide) groups is 1. The van der Waals surface area contributed by atoms with Crippen LogP contribution in [0.5, 0.6) is 0 Å². The molecule has 1 atom stereocenters. The second-order valence-corrected chi connectivity index (χ2v) is 6.89. The molecule has 146 valence electrons. The molecule has 10 heteroatoms. The molecule has 0 aliphatic carbocycles. The van der Waals surface area contributed by atoms with E-state index < -0.39 is 40.5 Å². The Bertz CT molecular complexity index is 928. The predicted molar refractivity (Wildman–Crippen MR) is 98.7 cm³/mol. The van der Waals surface area contributed by atoms with E-state index in [1.165, 1.54) is 34.9 Å². The Morgan fingerprint density at radius 2 is 2.14 bits per heavy atom. The van der Waals surface area contributed by atoms with Crippen molar-refractivity contribution >= 4 is 35.6 Å². The lowest BCUT2D eigenvalue weighted by Gasteiger charge is -2.24. The third kappa shape index (κ3) is 4.58. The first-order valence-electron chi connectivity index (χ1n) is 8.20. The minimum Gasteiger partial charge on any atom is -0.452 e. The standard InChI is InChI=1S/C18H15FN2O6S/c19-14-4-2-1-3-13(14)18-20(9-10-28-18)15(22)11-26-17(23)8-6-12-5-7-16(27-12)21(24)25/h1-8,18H,9-11H2/b8-6+/t18-/m0/s1. The minimum atomic E-state index is -0.804. The molecular weight excluding hydrogens is 391 g/mol. The fourth-order valence-corrected chi connectivity index (χ4v) is 3.90. The van der Waals surface area contributed by atoms with Crippen LogP contribution in [0.15, 0.2) is 46.9 Å². The molecule has 0 unspecified atom stereocenters. The maximum Gasteiger partial charge on any atom is 0.433 e. The van der Waals surface area contributed by atoms with Gasteiger partial charge in [-0.25, -0.2) is 9.18 Å². The number of rotatable bonds is 6. The fourth-order valence-electron chi connectivity index (χ4n) is 2.60. The number of esters is 1. The van der Waals surface area contributed by atoms with Gasteiger partial charge in [0.1, 0.15) is 21.9 Å². The van der Waals surface area contributed by atoms with Gasteiger partial charge in [-0.2, -0.15) is 0 Å². The van der Waals surface area contributed by atoms with Crippen LogP contribution in [0.3, 0.4) is 0 Å². The summed E-state index contributed by atoms with van der Waals surface area (Å²) < 4.78 is 23.8. The van der Waals surface area contributed by atoms with Crippen molar-refractivity contribution < 1.29 is 28.1 Å². The van der Waals surface area contributed by atoms with Crippen molar-refractivity contribution in [2.45, 2.75) is 5.37 Å². The second kappa shape index (κ2) is 8.70. The second-order valence-electron chi connectivity index (χ2n) is 5.71. The molecule has 0 saturated carbocycles. The molecule has 1 aliphatic rings. The highest BCUT2D eigenvalue weighted by molar-refractivity contribution is 7.99. The van der Waals surface area contributed by atoms with Gasteiger partial charge in [0.05, 0.1) is 6.07 Å². The molecule has 1 aliphatic heterocycles. The summed E-state index contributed by atoms with van der Waals surface area (Å²) in [7, 11) is 0. The number of carbonyl (C=O) groups excluding carboxylic acids is 2. The predicted octanol–water partition coefficient (Wildman–Crippen LogP) is 3.16. The third-order valence-corrected chi connectivity index (χ3v) is 5.14. The van der Waals surface area contributed by atoms with Gasteiger partial charge in [0.25, 0.3) is 5.91 Å². The van der Waals surface area contributed by atoms with Crippen LogP contribution in [-0.4, -0.2) is 40.6 Å². The van der Waals surface area contributed by atoms with Crippen LogP contribution in [-0.2, 0) is 14.3 Å². The Balaban J connectivity index is 1.55. The van der Waals surface area contributed by atoms with E-state index in [0.29, 0.717) is 17.9 Å². The lowest BCUT2D eigenvalue weighted by atomic mass is 10.2. The molecule has 1 amide bonds. The van der Waals surface area contributed by atoms with E-state index in [1.54, 1.807) is 18.2 Å². The van der Waals surface area contributed by atoms with Gasteiger partial charge in [-0.05, 0) is 18.2 Å².